The maximum atomic E-state index is 12.7. The SMILES string of the molecule is O=C(O)c1cccnc1C=Cc1ccc(F)cc1. The Morgan fingerprint density at radius 1 is 1.17 bits per heavy atom. The highest BCUT2D eigenvalue weighted by Gasteiger charge is 2.07. The third-order valence-electron chi connectivity index (χ3n) is 2.37. The van der Waals surface area contributed by atoms with Gasteiger partial charge in [-0.1, -0.05) is 18.2 Å². The van der Waals surface area contributed by atoms with Gasteiger partial charge in [0.15, 0.2) is 0 Å². The maximum absolute atomic E-state index is 12.7. The van der Waals surface area contributed by atoms with Crippen molar-refractivity contribution in [3.63, 3.8) is 0 Å². The molecule has 0 unspecified atom stereocenters. The summed E-state index contributed by atoms with van der Waals surface area (Å²) < 4.78 is 12.7. The molecule has 1 aromatic heterocycles. The number of carboxylic acid groups (broad SMARTS) is 1. The Kier molecular flexibility index (Phi) is 3.48. The molecule has 0 fully saturated rings. The van der Waals surface area contributed by atoms with Gasteiger partial charge in [-0.15, -0.1) is 0 Å². The van der Waals surface area contributed by atoms with Gasteiger partial charge in [0.05, 0.1) is 11.3 Å². The highest BCUT2D eigenvalue weighted by molar-refractivity contribution is 5.92. The first-order valence-electron chi connectivity index (χ1n) is 5.29. The van der Waals surface area contributed by atoms with E-state index < -0.39 is 5.97 Å². The number of aromatic carboxylic acids is 1. The zero-order chi connectivity index (χ0) is 13.0. The van der Waals surface area contributed by atoms with Gasteiger partial charge in [0, 0.05) is 6.20 Å². The number of hydrogen-bond acceptors (Lipinski definition) is 2. The Morgan fingerprint density at radius 2 is 1.89 bits per heavy atom. The van der Waals surface area contributed by atoms with Crippen molar-refractivity contribution in [1.29, 1.82) is 0 Å². The molecule has 0 aliphatic heterocycles. The van der Waals surface area contributed by atoms with Crippen LogP contribution in [0.1, 0.15) is 21.6 Å². The molecule has 0 radical (unpaired) electrons. The zero-order valence-electron chi connectivity index (χ0n) is 9.38. The molecule has 0 amide bonds. The smallest absolute Gasteiger partial charge is 0.337 e. The minimum atomic E-state index is -1.03. The standard InChI is InChI=1S/C14H10FNO2/c15-11-6-3-10(4-7-11)5-8-13-12(14(17)18)2-1-9-16-13/h1-9H,(H,17,18). The average Bonchev–Trinajstić information content (AvgIpc) is 2.38. The van der Waals surface area contributed by atoms with E-state index in [0.717, 1.165) is 5.56 Å². The van der Waals surface area contributed by atoms with Crippen molar-refractivity contribution < 1.29 is 14.3 Å². The van der Waals surface area contributed by atoms with Gasteiger partial charge in [-0.2, -0.15) is 0 Å². The van der Waals surface area contributed by atoms with Gasteiger partial charge in [0.25, 0.3) is 0 Å². The molecular formula is C14H10FNO2. The van der Waals surface area contributed by atoms with E-state index in [1.807, 2.05) is 0 Å². The number of hydrogen-bond donors (Lipinski definition) is 1. The Balaban J connectivity index is 2.29. The van der Waals surface area contributed by atoms with Gasteiger partial charge in [-0.05, 0) is 35.9 Å². The second kappa shape index (κ2) is 5.23. The molecule has 2 rings (SSSR count). The minimum absolute atomic E-state index is 0.135. The van der Waals surface area contributed by atoms with Crippen LogP contribution in [-0.4, -0.2) is 16.1 Å². The van der Waals surface area contributed by atoms with Crippen molar-refractivity contribution in [3.05, 3.63) is 65.2 Å². The predicted molar refractivity (Wildman–Crippen MR) is 66.5 cm³/mol. The number of halogens is 1. The summed E-state index contributed by atoms with van der Waals surface area (Å²) in [5, 5.41) is 8.98. The molecule has 0 aliphatic rings. The first-order chi connectivity index (χ1) is 8.66. The predicted octanol–water partition coefficient (Wildman–Crippen LogP) is 3.09. The molecule has 1 aromatic carbocycles. The van der Waals surface area contributed by atoms with Crippen LogP contribution in [0.15, 0.2) is 42.6 Å². The number of rotatable bonds is 3. The number of pyridine rings is 1. The van der Waals surface area contributed by atoms with Crippen LogP contribution in [-0.2, 0) is 0 Å². The fraction of sp³-hybridized carbons (Fsp3) is 0. The van der Waals surface area contributed by atoms with E-state index in [1.165, 1.54) is 24.4 Å². The summed E-state index contributed by atoms with van der Waals surface area (Å²) in [6, 6.07) is 8.95. The summed E-state index contributed by atoms with van der Waals surface area (Å²) in [5.74, 6) is -1.34. The van der Waals surface area contributed by atoms with E-state index in [0.29, 0.717) is 5.69 Å². The van der Waals surface area contributed by atoms with Crippen molar-refractivity contribution in [3.8, 4) is 0 Å². The number of benzene rings is 1. The normalized spacial score (nSPS) is 10.7. The molecule has 0 atom stereocenters. The molecule has 4 heteroatoms. The Bertz CT molecular complexity index is 591. The quantitative estimate of drug-likeness (QED) is 0.901. The molecule has 18 heavy (non-hydrogen) atoms. The van der Waals surface area contributed by atoms with E-state index in [9.17, 15) is 9.18 Å². The van der Waals surface area contributed by atoms with Crippen LogP contribution in [0.25, 0.3) is 12.2 Å². The van der Waals surface area contributed by atoms with Gasteiger partial charge >= 0.3 is 5.97 Å². The zero-order valence-corrected chi connectivity index (χ0v) is 9.38. The number of carbonyl (C=O) groups is 1. The number of carboxylic acids is 1. The van der Waals surface area contributed by atoms with Crippen LogP contribution in [0.2, 0.25) is 0 Å². The van der Waals surface area contributed by atoms with Gasteiger partial charge in [0.1, 0.15) is 5.82 Å². The molecule has 0 spiro atoms. The Hall–Kier alpha value is -2.49. The van der Waals surface area contributed by atoms with E-state index in [4.69, 9.17) is 5.11 Å². The third-order valence-corrected chi connectivity index (χ3v) is 2.37. The summed E-state index contributed by atoms with van der Waals surface area (Å²) >= 11 is 0. The molecule has 0 bridgehead atoms. The summed E-state index contributed by atoms with van der Waals surface area (Å²) in [6.07, 6.45) is 4.81. The van der Waals surface area contributed by atoms with Crippen LogP contribution < -0.4 is 0 Å². The summed E-state index contributed by atoms with van der Waals surface area (Å²) in [6.45, 7) is 0. The molecule has 1 N–H and O–H groups in total. The second-order valence-electron chi connectivity index (χ2n) is 3.63. The van der Waals surface area contributed by atoms with Gasteiger partial charge in [-0.25, -0.2) is 9.18 Å². The van der Waals surface area contributed by atoms with Crippen LogP contribution >= 0.6 is 0 Å². The van der Waals surface area contributed by atoms with Crippen LogP contribution in [0, 0.1) is 5.82 Å². The minimum Gasteiger partial charge on any atom is -0.478 e. The second-order valence-corrected chi connectivity index (χ2v) is 3.63. The highest BCUT2D eigenvalue weighted by Crippen LogP contribution is 2.11. The lowest BCUT2D eigenvalue weighted by Crippen LogP contribution is -2.00. The van der Waals surface area contributed by atoms with E-state index in [2.05, 4.69) is 4.98 Å². The van der Waals surface area contributed by atoms with E-state index in [-0.39, 0.29) is 11.4 Å². The summed E-state index contributed by atoms with van der Waals surface area (Å²) in [7, 11) is 0. The molecule has 90 valence electrons. The van der Waals surface area contributed by atoms with Crippen molar-refractivity contribution >= 4 is 18.1 Å². The largest absolute Gasteiger partial charge is 0.478 e. The monoisotopic (exact) mass is 243 g/mol. The lowest BCUT2D eigenvalue weighted by molar-refractivity contribution is 0.0696. The lowest BCUT2D eigenvalue weighted by atomic mass is 10.1. The van der Waals surface area contributed by atoms with Gasteiger partial charge < -0.3 is 5.11 Å². The molecule has 1 heterocycles. The van der Waals surface area contributed by atoms with E-state index >= 15 is 0 Å². The molecule has 0 saturated carbocycles. The number of nitrogens with zero attached hydrogens (tertiary/aromatic N) is 1. The molecule has 0 saturated heterocycles. The van der Waals surface area contributed by atoms with Crippen molar-refractivity contribution in [2.45, 2.75) is 0 Å². The van der Waals surface area contributed by atoms with Crippen LogP contribution in [0.3, 0.4) is 0 Å². The average molecular weight is 243 g/mol. The molecule has 2 aromatic rings. The fourth-order valence-corrected chi connectivity index (χ4v) is 1.48. The van der Waals surface area contributed by atoms with Gasteiger partial charge in [-0.3, -0.25) is 4.98 Å². The summed E-state index contributed by atoms with van der Waals surface area (Å²) in [4.78, 5) is 14.9. The van der Waals surface area contributed by atoms with E-state index in [1.54, 1.807) is 30.4 Å². The molecule has 3 nitrogen and oxygen atoms in total. The lowest BCUT2D eigenvalue weighted by Gasteiger charge is -1.99. The number of aromatic nitrogens is 1. The van der Waals surface area contributed by atoms with Crippen molar-refractivity contribution in [1.82, 2.24) is 4.98 Å². The molecular weight excluding hydrogens is 233 g/mol. The topological polar surface area (TPSA) is 50.2 Å². The maximum Gasteiger partial charge on any atom is 0.337 e. The van der Waals surface area contributed by atoms with Crippen molar-refractivity contribution in [2.24, 2.45) is 0 Å². The summed E-state index contributed by atoms with van der Waals surface area (Å²) in [5.41, 5.74) is 1.28. The Labute approximate surface area is 103 Å². The van der Waals surface area contributed by atoms with Crippen LogP contribution in [0.4, 0.5) is 4.39 Å². The van der Waals surface area contributed by atoms with Crippen LogP contribution in [0.5, 0.6) is 0 Å². The highest BCUT2D eigenvalue weighted by atomic mass is 19.1. The molecule has 0 aliphatic carbocycles. The van der Waals surface area contributed by atoms with Gasteiger partial charge in [0.2, 0.25) is 0 Å². The first-order valence-corrected chi connectivity index (χ1v) is 5.29. The van der Waals surface area contributed by atoms with Crippen molar-refractivity contribution in [2.75, 3.05) is 0 Å². The fourth-order valence-electron chi connectivity index (χ4n) is 1.48. The Morgan fingerprint density at radius 3 is 2.56 bits per heavy atom. The first kappa shape index (κ1) is 12.0. The third kappa shape index (κ3) is 2.79.